The van der Waals surface area contributed by atoms with Gasteiger partial charge in [-0.1, -0.05) is 13.8 Å². The summed E-state index contributed by atoms with van der Waals surface area (Å²) in [7, 11) is 0. The first-order chi connectivity index (χ1) is 5.83. The number of ketones is 2. The number of carbonyl (C=O) groups excluding carboxylic acids is 2. The van der Waals surface area contributed by atoms with Crippen molar-refractivity contribution in [2.24, 2.45) is 11.3 Å². The van der Waals surface area contributed by atoms with Crippen LogP contribution in [-0.4, -0.2) is 17.3 Å². The molecule has 0 aromatic rings. The van der Waals surface area contributed by atoms with E-state index in [1.54, 1.807) is 0 Å². The minimum Gasteiger partial charge on any atom is -0.309 e. The zero-order chi connectivity index (χ0) is 10.2. The van der Waals surface area contributed by atoms with Crippen molar-refractivity contribution >= 4 is 17.3 Å². The molecule has 1 aliphatic rings. The van der Waals surface area contributed by atoms with E-state index in [4.69, 9.17) is 5.41 Å². The fourth-order valence-electron chi connectivity index (χ4n) is 1.87. The lowest BCUT2D eigenvalue weighted by atomic mass is 9.70. The maximum atomic E-state index is 11.5. The van der Waals surface area contributed by atoms with Gasteiger partial charge in [-0.15, -0.1) is 0 Å². The summed E-state index contributed by atoms with van der Waals surface area (Å²) >= 11 is 0. The lowest BCUT2D eigenvalue weighted by molar-refractivity contribution is -0.136. The van der Waals surface area contributed by atoms with E-state index in [1.165, 1.54) is 6.92 Å². The van der Waals surface area contributed by atoms with Crippen LogP contribution in [0.5, 0.6) is 0 Å². The molecule has 1 rings (SSSR count). The Morgan fingerprint density at radius 3 is 2.00 bits per heavy atom. The topological polar surface area (TPSA) is 58.0 Å². The second-order valence-electron chi connectivity index (χ2n) is 4.57. The Labute approximate surface area is 78.0 Å². The van der Waals surface area contributed by atoms with Gasteiger partial charge in [-0.2, -0.15) is 0 Å². The summed E-state index contributed by atoms with van der Waals surface area (Å²) in [6.45, 7) is 5.36. The van der Waals surface area contributed by atoms with E-state index in [0.29, 0.717) is 12.8 Å². The molecule has 0 aliphatic heterocycles. The summed E-state index contributed by atoms with van der Waals surface area (Å²) < 4.78 is 0. The maximum absolute atomic E-state index is 11.5. The average molecular weight is 181 g/mol. The molecule has 1 aliphatic carbocycles. The van der Waals surface area contributed by atoms with E-state index in [1.807, 2.05) is 13.8 Å². The summed E-state index contributed by atoms with van der Waals surface area (Å²) in [4.78, 5) is 23.0. The van der Waals surface area contributed by atoms with Crippen molar-refractivity contribution in [3.8, 4) is 0 Å². The molecule has 3 heteroatoms. The van der Waals surface area contributed by atoms with E-state index in [2.05, 4.69) is 0 Å². The van der Waals surface area contributed by atoms with Crippen LogP contribution in [-0.2, 0) is 9.59 Å². The molecule has 1 fully saturated rings. The quantitative estimate of drug-likeness (QED) is 0.493. The summed E-state index contributed by atoms with van der Waals surface area (Å²) in [5, 5.41) is 7.34. The number of carbonyl (C=O) groups is 2. The molecule has 0 saturated heterocycles. The third kappa shape index (κ3) is 2.02. The molecule has 1 saturated carbocycles. The molecule has 0 aromatic heterocycles. The Hall–Kier alpha value is -0.990. The largest absolute Gasteiger partial charge is 0.309 e. The molecule has 0 atom stereocenters. The van der Waals surface area contributed by atoms with E-state index in [-0.39, 0.29) is 22.7 Å². The first-order valence-electron chi connectivity index (χ1n) is 4.44. The van der Waals surface area contributed by atoms with Crippen molar-refractivity contribution < 1.29 is 9.59 Å². The Balaban J connectivity index is 2.89. The molecular formula is C10H15NO2. The van der Waals surface area contributed by atoms with E-state index >= 15 is 0 Å². The molecular weight excluding hydrogens is 166 g/mol. The van der Waals surface area contributed by atoms with Crippen molar-refractivity contribution in [3.63, 3.8) is 0 Å². The highest BCUT2D eigenvalue weighted by molar-refractivity contribution is 6.21. The van der Waals surface area contributed by atoms with Gasteiger partial charge in [0.25, 0.3) is 0 Å². The van der Waals surface area contributed by atoms with Crippen LogP contribution < -0.4 is 0 Å². The molecule has 0 spiro atoms. The van der Waals surface area contributed by atoms with Gasteiger partial charge in [-0.3, -0.25) is 9.59 Å². The Kier molecular flexibility index (Phi) is 2.37. The molecule has 13 heavy (non-hydrogen) atoms. The van der Waals surface area contributed by atoms with Gasteiger partial charge in [-0.05, 0) is 12.3 Å². The van der Waals surface area contributed by atoms with Gasteiger partial charge >= 0.3 is 0 Å². The summed E-state index contributed by atoms with van der Waals surface area (Å²) in [6, 6.07) is 0. The van der Waals surface area contributed by atoms with Gasteiger partial charge in [0.1, 0.15) is 17.5 Å². The van der Waals surface area contributed by atoms with Gasteiger partial charge in [-0.25, -0.2) is 0 Å². The first kappa shape index (κ1) is 10.1. The Morgan fingerprint density at radius 1 is 1.31 bits per heavy atom. The van der Waals surface area contributed by atoms with Crippen LogP contribution in [0.15, 0.2) is 0 Å². The Morgan fingerprint density at radius 2 is 1.69 bits per heavy atom. The van der Waals surface area contributed by atoms with Crippen LogP contribution >= 0.6 is 0 Å². The third-order valence-corrected chi connectivity index (χ3v) is 2.38. The summed E-state index contributed by atoms with van der Waals surface area (Å²) in [6.07, 6.45) is 0.833. The molecule has 0 unspecified atom stereocenters. The van der Waals surface area contributed by atoms with Gasteiger partial charge < -0.3 is 5.41 Å². The first-order valence-corrected chi connectivity index (χ1v) is 4.44. The highest BCUT2D eigenvalue weighted by Gasteiger charge is 2.40. The van der Waals surface area contributed by atoms with E-state index in [0.717, 1.165) is 0 Å². The van der Waals surface area contributed by atoms with Crippen LogP contribution in [0.3, 0.4) is 0 Å². The third-order valence-electron chi connectivity index (χ3n) is 2.38. The fraction of sp³-hybridized carbons (Fsp3) is 0.700. The second-order valence-corrected chi connectivity index (χ2v) is 4.57. The minimum absolute atomic E-state index is 0.0891. The van der Waals surface area contributed by atoms with Crippen molar-refractivity contribution in [2.45, 2.75) is 33.6 Å². The lowest BCUT2D eigenvalue weighted by Crippen LogP contribution is -2.40. The molecule has 1 N–H and O–H groups in total. The lowest BCUT2D eigenvalue weighted by Gasteiger charge is -2.31. The number of nitrogens with one attached hydrogen (secondary N) is 1. The van der Waals surface area contributed by atoms with Crippen LogP contribution in [0.4, 0.5) is 0 Å². The monoisotopic (exact) mass is 181 g/mol. The van der Waals surface area contributed by atoms with E-state index in [9.17, 15) is 9.59 Å². The zero-order valence-electron chi connectivity index (χ0n) is 8.31. The van der Waals surface area contributed by atoms with Crippen LogP contribution in [0.25, 0.3) is 0 Å². The summed E-state index contributed by atoms with van der Waals surface area (Å²) in [5.41, 5.74) is -0.0226. The normalized spacial score (nSPS) is 23.3. The molecule has 72 valence electrons. The predicted molar refractivity (Wildman–Crippen MR) is 49.9 cm³/mol. The van der Waals surface area contributed by atoms with Crippen LogP contribution in [0.1, 0.15) is 33.6 Å². The maximum Gasteiger partial charge on any atom is 0.149 e. The van der Waals surface area contributed by atoms with Gasteiger partial charge in [0.15, 0.2) is 0 Å². The van der Waals surface area contributed by atoms with Crippen molar-refractivity contribution in [2.75, 3.05) is 0 Å². The highest BCUT2D eigenvalue weighted by atomic mass is 16.2. The van der Waals surface area contributed by atoms with Gasteiger partial charge in [0.2, 0.25) is 0 Å². The van der Waals surface area contributed by atoms with Crippen LogP contribution in [0, 0.1) is 16.7 Å². The number of hydrogen-bond acceptors (Lipinski definition) is 3. The molecule has 0 amide bonds. The van der Waals surface area contributed by atoms with Crippen molar-refractivity contribution in [1.82, 2.24) is 0 Å². The number of rotatable bonds is 1. The molecule has 0 heterocycles. The van der Waals surface area contributed by atoms with Gasteiger partial charge in [0, 0.05) is 18.6 Å². The minimum atomic E-state index is -0.743. The van der Waals surface area contributed by atoms with Crippen molar-refractivity contribution in [1.29, 1.82) is 5.41 Å². The highest BCUT2D eigenvalue weighted by Crippen LogP contribution is 2.34. The summed E-state index contributed by atoms with van der Waals surface area (Å²) in [5.74, 6) is -0.921. The molecule has 0 bridgehead atoms. The van der Waals surface area contributed by atoms with Crippen molar-refractivity contribution in [3.05, 3.63) is 0 Å². The average Bonchev–Trinajstić information content (AvgIpc) is 1.78. The van der Waals surface area contributed by atoms with Crippen LogP contribution in [0.2, 0.25) is 0 Å². The fourth-order valence-corrected chi connectivity index (χ4v) is 1.87. The number of Topliss-reactive ketones (excluding diaryl/α,β-unsaturated/α-hetero) is 2. The zero-order valence-corrected chi connectivity index (χ0v) is 8.31. The molecule has 3 nitrogen and oxygen atoms in total. The second kappa shape index (κ2) is 3.05. The molecule has 0 aromatic carbocycles. The van der Waals surface area contributed by atoms with E-state index < -0.39 is 5.92 Å². The Bertz CT molecular complexity index is 259. The predicted octanol–water partition coefficient (Wildman–Crippen LogP) is 1.60. The SMILES string of the molecule is CC(=N)C1C(=O)CC(C)(C)CC1=O. The number of hydrogen-bond donors (Lipinski definition) is 1. The standard InChI is InChI=1S/C10H15NO2/c1-6(11)9-7(12)4-10(2,3)5-8(9)13/h9,11H,4-5H2,1-3H3. The smallest absolute Gasteiger partial charge is 0.149 e. The molecule has 0 radical (unpaired) electrons. The van der Waals surface area contributed by atoms with Gasteiger partial charge in [0.05, 0.1) is 0 Å².